The van der Waals surface area contributed by atoms with Crippen LogP contribution in [0.5, 0.6) is 0 Å². The molecule has 1 aromatic heterocycles. The molecule has 162 valence electrons. The van der Waals surface area contributed by atoms with Crippen LogP contribution in [0, 0.1) is 64.1 Å². The van der Waals surface area contributed by atoms with E-state index >= 15 is 0 Å². The van der Waals surface area contributed by atoms with Gasteiger partial charge in [0.2, 0.25) is 0 Å². The summed E-state index contributed by atoms with van der Waals surface area (Å²) in [5, 5.41) is 13.3. The van der Waals surface area contributed by atoms with E-state index in [0.29, 0.717) is 23.8 Å². The molecule has 0 bridgehead atoms. The van der Waals surface area contributed by atoms with Gasteiger partial charge in [-0.15, -0.1) is 0 Å². The van der Waals surface area contributed by atoms with E-state index < -0.39 is 0 Å². The molecule has 4 heteroatoms. The SMILES string of the molecule is CCCC1C(CC)CCC2C1CCC1(C)C(C(=O)Cn3cc(C#N)cn3)C3CC3C21. The standard InChI is InChI=1S/C26H37N3O/c1-4-6-18-17(5-2)7-8-20-19(18)9-10-26(3)24(20)21-11-22(21)25(26)23(30)15-29-14-16(12-27)13-28-29/h13-14,17-22,24-25H,4-11,15H2,1-3H3. The van der Waals surface area contributed by atoms with Crippen molar-refractivity contribution in [1.82, 2.24) is 9.78 Å². The normalized spacial score (nSPS) is 43.9. The third-order valence-corrected chi connectivity index (χ3v) is 9.88. The molecule has 30 heavy (non-hydrogen) atoms. The Kier molecular flexibility index (Phi) is 5.07. The largest absolute Gasteiger partial charge is 0.297 e. The molecule has 0 radical (unpaired) electrons. The minimum Gasteiger partial charge on any atom is -0.297 e. The lowest BCUT2D eigenvalue weighted by molar-refractivity contribution is -0.133. The highest BCUT2D eigenvalue weighted by Gasteiger charge is 2.70. The Morgan fingerprint density at radius 2 is 2.07 bits per heavy atom. The molecule has 1 aromatic rings. The van der Waals surface area contributed by atoms with Crippen LogP contribution in [-0.4, -0.2) is 15.6 Å². The average molecular weight is 408 g/mol. The third-order valence-electron chi connectivity index (χ3n) is 9.88. The van der Waals surface area contributed by atoms with E-state index in [1.807, 2.05) is 0 Å². The van der Waals surface area contributed by atoms with E-state index in [4.69, 9.17) is 5.26 Å². The second-order valence-electron chi connectivity index (χ2n) is 11.1. The zero-order valence-electron chi connectivity index (χ0n) is 18.9. The van der Waals surface area contributed by atoms with Crippen LogP contribution in [0.25, 0.3) is 0 Å². The Morgan fingerprint density at radius 1 is 1.23 bits per heavy atom. The molecule has 9 unspecified atom stereocenters. The molecule has 0 aromatic carbocycles. The maximum atomic E-state index is 13.5. The summed E-state index contributed by atoms with van der Waals surface area (Å²) in [6, 6.07) is 2.12. The van der Waals surface area contributed by atoms with Crippen LogP contribution >= 0.6 is 0 Å². The smallest absolute Gasteiger partial charge is 0.158 e. The van der Waals surface area contributed by atoms with Crippen LogP contribution in [0.3, 0.4) is 0 Å². The predicted octanol–water partition coefficient (Wildman–Crippen LogP) is 5.47. The Labute approximate surface area is 181 Å². The van der Waals surface area contributed by atoms with Crippen molar-refractivity contribution in [3.05, 3.63) is 18.0 Å². The van der Waals surface area contributed by atoms with Gasteiger partial charge < -0.3 is 0 Å². The average Bonchev–Trinajstić information content (AvgIpc) is 3.24. The summed E-state index contributed by atoms with van der Waals surface area (Å²) >= 11 is 0. The number of fused-ring (bicyclic) bond motifs is 5. The van der Waals surface area contributed by atoms with Gasteiger partial charge in [-0.2, -0.15) is 10.4 Å². The molecule has 0 N–H and O–H groups in total. The van der Waals surface area contributed by atoms with Gasteiger partial charge in [-0.3, -0.25) is 9.48 Å². The van der Waals surface area contributed by atoms with E-state index in [9.17, 15) is 4.79 Å². The number of nitriles is 1. The fourth-order valence-electron chi connectivity index (χ4n) is 8.86. The molecule has 4 fully saturated rings. The summed E-state index contributed by atoms with van der Waals surface area (Å²) in [6.45, 7) is 7.56. The van der Waals surface area contributed by atoms with Gasteiger partial charge in [0, 0.05) is 12.1 Å². The van der Waals surface area contributed by atoms with Crippen LogP contribution in [-0.2, 0) is 11.3 Å². The fourth-order valence-corrected chi connectivity index (χ4v) is 8.86. The van der Waals surface area contributed by atoms with E-state index in [1.165, 1.54) is 51.4 Å². The van der Waals surface area contributed by atoms with Gasteiger partial charge in [0.15, 0.2) is 5.78 Å². The van der Waals surface area contributed by atoms with Crippen LogP contribution in [0.15, 0.2) is 12.4 Å². The molecule has 4 nitrogen and oxygen atoms in total. The Balaban J connectivity index is 1.37. The van der Waals surface area contributed by atoms with Crippen molar-refractivity contribution in [2.75, 3.05) is 0 Å². The highest BCUT2D eigenvalue weighted by molar-refractivity contribution is 5.83. The molecule has 4 aliphatic carbocycles. The summed E-state index contributed by atoms with van der Waals surface area (Å²) < 4.78 is 1.68. The maximum absolute atomic E-state index is 13.5. The molecule has 4 saturated carbocycles. The number of Topliss-reactive ketones (excluding diaryl/α,β-unsaturated/α-hetero) is 1. The van der Waals surface area contributed by atoms with Crippen molar-refractivity contribution in [3.63, 3.8) is 0 Å². The number of carbonyl (C=O) groups excluding carboxylic acids is 1. The highest BCUT2D eigenvalue weighted by atomic mass is 16.1. The monoisotopic (exact) mass is 407 g/mol. The number of rotatable bonds is 6. The summed E-state index contributed by atoms with van der Waals surface area (Å²) in [5.74, 6) is 6.35. The molecule has 9 atom stereocenters. The molecule has 1 heterocycles. The number of hydrogen-bond donors (Lipinski definition) is 0. The van der Waals surface area contributed by atoms with Crippen molar-refractivity contribution < 1.29 is 4.79 Å². The van der Waals surface area contributed by atoms with Gasteiger partial charge >= 0.3 is 0 Å². The first-order valence-electron chi connectivity index (χ1n) is 12.5. The summed E-state index contributed by atoms with van der Waals surface area (Å²) in [5.41, 5.74) is 0.727. The van der Waals surface area contributed by atoms with Crippen LogP contribution in [0.2, 0.25) is 0 Å². The number of nitrogens with zero attached hydrogens (tertiary/aromatic N) is 3. The topological polar surface area (TPSA) is 58.7 Å². The molecule has 0 spiro atoms. The van der Waals surface area contributed by atoms with Crippen molar-refractivity contribution in [1.29, 1.82) is 5.26 Å². The van der Waals surface area contributed by atoms with Crippen LogP contribution < -0.4 is 0 Å². The van der Waals surface area contributed by atoms with Crippen molar-refractivity contribution in [2.45, 2.75) is 78.7 Å². The van der Waals surface area contributed by atoms with Crippen LogP contribution in [0.1, 0.15) is 77.7 Å². The molecule has 0 amide bonds. The van der Waals surface area contributed by atoms with Gasteiger partial charge in [0.05, 0.1) is 18.3 Å². The number of aromatic nitrogens is 2. The second kappa shape index (κ2) is 7.50. The first-order valence-corrected chi connectivity index (χ1v) is 12.5. The molecule has 0 aliphatic heterocycles. The Morgan fingerprint density at radius 3 is 2.77 bits per heavy atom. The zero-order chi connectivity index (χ0) is 21.0. The lowest BCUT2D eigenvalue weighted by Crippen LogP contribution is -2.50. The molecular weight excluding hydrogens is 370 g/mol. The number of hydrogen-bond acceptors (Lipinski definition) is 3. The van der Waals surface area contributed by atoms with Gasteiger partial charge in [-0.25, -0.2) is 0 Å². The van der Waals surface area contributed by atoms with Gasteiger partial charge in [-0.05, 0) is 78.9 Å². The minimum atomic E-state index is 0.187. The molecule has 5 rings (SSSR count). The van der Waals surface area contributed by atoms with Gasteiger partial charge in [-0.1, -0.05) is 40.0 Å². The van der Waals surface area contributed by atoms with Crippen LogP contribution in [0.4, 0.5) is 0 Å². The molecular formula is C26H37N3O. The lowest BCUT2D eigenvalue weighted by Gasteiger charge is -2.56. The number of ketones is 1. The Hall–Kier alpha value is -1.63. The van der Waals surface area contributed by atoms with Crippen molar-refractivity contribution in [2.24, 2.45) is 52.8 Å². The summed E-state index contributed by atoms with van der Waals surface area (Å²) in [7, 11) is 0. The van der Waals surface area contributed by atoms with E-state index in [1.54, 1.807) is 17.1 Å². The number of carbonyl (C=O) groups is 1. The van der Waals surface area contributed by atoms with E-state index in [-0.39, 0.29) is 11.3 Å². The quantitative estimate of drug-likeness (QED) is 0.628. The predicted molar refractivity (Wildman–Crippen MR) is 116 cm³/mol. The third kappa shape index (κ3) is 2.99. The maximum Gasteiger partial charge on any atom is 0.158 e. The van der Waals surface area contributed by atoms with E-state index in [0.717, 1.165) is 35.5 Å². The highest BCUT2D eigenvalue weighted by Crippen LogP contribution is 2.74. The first kappa shape index (κ1) is 20.3. The minimum absolute atomic E-state index is 0.187. The summed E-state index contributed by atoms with van der Waals surface area (Å²) in [6.07, 6.45) is 14.0. The lowest BCUT2D eigenvalue weighted by atomic mass is 9.49. The second-order valence-corrected chi connectivity index (χ2v) is 11.1. The zero-order valence-corrected chi connectivity index (χ0v) is 18.9. The summed E-state index contributed by atoms with van der Waals surface area (Å²) in [4.78, 5) is 13.5. The van der Waals surface area contributed by atoms with E-state index in [2.05, 4.69) is 31.9 Å². The fraction of sp³-hybridized carbons (Fsp3) is 0.808. The van der Waals surface area contributed by atoms with Gasteiger partial charge in [0.1, 0.15) is 6.07 Å². The molecule has 4 aliphatic rings. The van der Waals surface area contributed by atoms with Gasteiger partial charge in [0.25, 0.3) is 0 Å². The molecule has 0 saturated heterocycles. The first-order chi connectivity index (χ1) is 14.5. The Bertz CT molecular complexity index is 853. The van der Waals surface area contributed by atoms with Crippen molar-refractivity contribution in [3.8, 4) is 6.07 Å². The van der Waals surface area contributed by atoms with Crippen molar-refractivity contribution >= 4 is 5.78 Å².